The van der Waals surface area contributed by atoms with Gasteiger partial charge in [0, 0.05) is 6.04 Å². The first-order valence-corrected chi connectivity index (χ1v) is 6.43. The minimum atomic E-state index is 0.380. The molecule has 0 amide bonds. The normalized spacial score (nSPS) is 17.5. The van der Waals surface area contributed by atoms with Crippen LogP contribution in [0.4, 0.5) is 11.8 Å². The lowest BCUT2D eigenvalue weighted by atomic mass is 10.1. The van der Waals surface area contributed by atoms with E-state index in [9.17, 15) is 0 Å². The van der Waals surface area contributed by atoms with Crippen LogP contribution in [0, 0.1) is 0 Å². The Labute approximate surface area is 106 Å². The van der Waals surface area contributed by atoms with Crippen molar-refractivity contribution in [3.8, 4) is 0 Å². The van der Waals surface area contributed by atoms with Crippen molar-refractivity contribution >= 4 is 23.4 Å². The van der Waals surface area contributed by atoms with Crippen molar-refractivity contribution in [2.24, 2.45) is 5.84 Å². The predicted octanol–water partition coefficient (Wildman–Crippen LogP) is 2.55. The maximum absolute atomic E-state index is 6.06. The van der Waals surface area contributed by atoms with E-state index in [2.05, 4.69) is 20.7 Å². The number of hydrogen-bond donors (Lipinski definition) is 3. The lowest BCUT2D eigenvalue weighted by molar-refractivity contribution is 0.617. The van der Waals surface area contributed by atoms with Gasteiger partial charge in [0.15, 0.2) is 5.82 Å². The van der Waals surface area contributed by atoms with E-state index in [4.69, 9.17) is 17.4 Å². The number of nitrogens with two attached hydrogens (primary N) is 1. The van der Waals surface area contributed by atoms with Crippen LogP contribution in [0.2, 0.25) is 5.02 Å². The molecule has 0 aliphatic heterocycles. The first-order valence-electron chi connectivity index (χ1n) is 6.05. The fourth-order valence-electron chi connectivity index (χ4n) is 2.15. The molecule has 2 rings (SSSR count). The highest BCUT2D eigenvalue weighted by atomic mass is 35.5. The first kappa shape index (κ1) is 12.4. The number of nitrogens with one attached hydrogen (secondary N) is 2. The lowest BCUT2D eigenvalue weighted by Gasteiger charge is -2.17. The average molecular weight is 256 g/mol. The van der Waals surface area contributed by atoms with Gasteiger partial charge in [-0.05, 0) is 12.8 Å². The highest BCUT2D eigenvalue weighted by Gasteiger charge is 2.14. The van der Waals surface area contributed by atoms with Crippen molar-refractivity contribution in [2.75, 3.05) is 10.7 Å². The van der Waals surface area contributed by atoms with Crippen LogP contribution < -0.4 is 16.6 Å². The molecule has 1 fully saturated rings. The molecule has 0 bridgehead atoms. The quantitative estimate of drug-likeness (QED) is 0.440. The van der Waals surface area contributed by atoms with Gasteiger partial charge in [0.2, 0.25) is 5.95 Å². The molecule has 0 saturated heterocycles. The summed E-state index contributed by atoms with van der Waals surface area (Å²) in [5.74, 6) is 6.33. The Balaban J connectivity index is 2.05. The Morgan fingerprint density at radius 2 is 1.94 bits per heavy atom. The van der Waals surface area contributed by atoms with Crippen molar-refractivity contribution < 1.29 is 0 Å². The van der Waals surface area contributed by atoms with Gasteiger partial charge in [-0.2, -0.15) is 4.98 Å². The highest BCUT2D eigenvalue weighted by molar-refractivity contribution is 6.32. The molecular formula is C11H18ClN5. The molecule has 0 unspecified atom stereocenters. The van der Waals surface area contributed by atoms with Gasteiger partial charge in [0.1, 0.15) is 5.02 Å². The van der Waals surface area contributed by atoms with E-state index in [1.807, 2.05) is 0 Å². The minimum Gasteiger partial charge on any atom is -0.366 e. The van der Waals surface area contributed by atoms with Crippen molar-refractivity contribution in [3.05, 3.63) is 11.2 Å². The zero-order chi connectivity index (χ0) is 12.1. The van der Waals surface area contributed by atoms with E-state index in [0.717, 1.165) is 0 Å². The molecule has 1 aliphatic rings. The second-order valence-electron chi connectivity index (χ2n) is 4.37. The van der Waals surface area contributed by atoms with Gasteiger partial charge in [-0.15, -0.1) is 0 Å². The van der Waals surface area contributed by atoms with Crippen molar-refractivity contribution in [1.82, 2.24) is 9.97 Å². The van der Waals surface area contributed by atoms with Gasteiger partial charge in [0.25, 0.3) is 0 Å². The first-order chi connectivity index (χ1) is 8.29. The van der Waals surface area contributed by atoms with Gasteiger partial charge in [-0.1, -0.05) is 37.3 Å². The van der Waals surface area contributed by atoms with Crippen molar-refractivity contribution in [2.45, 2.75) is 44.6 Å². The maximum Gasteiger partial charge on any atom is 0.239 e. The standard InChI is InChI=1S/C11H18ClN5/c12-9-7-14-11(17-13)16-10(9)15-8-5-3-1-2-4-6-8/h7-8H,1-6,13H2,(H2,14,15,16,17). The van der Waals surface area contributed by atoms with Crippen LogP contribution in [0.15, 0.2) is 6.20 Å². The van der Waals surface area contributed by atoms with Crippen LogP contribution in [0.1, 0.15) is 38.5 Å². The number of hydrazine groups is 1. The SMILES string of the molecule is NNc1ncc(Cl)c(NC2CCCCCC2)n1. The molecule has 0 spiro atoms. The summed E-state index contributed by atoms with van der Waals surface area (Å²) >= 11 is 6.06. The molecule has 1 saturated carbocycles. The summed E-state index contributed by atoms with van der Waals surface area (Å²) in [6.45, 7) is 0. The molecule has 1 aromatic rings. The zero-order valence-electron chi connectivity index (χ0n) is 9.75. The molecule has 1 aromatic heterocycles. The number of nitrogens with zero attached hydrogens (tertiary/aromatic N) is 2. The van der Waals surface area contributed by atoms with E-state index in [1.54, 1.807) is 6.20 Å². The third-order valence-corrected chi connectivity index (χ3v) is 3.35. The maximum atomic E-state index is 6.06. The molecule has 5 nitrogen and oxygen atoms in total. The van der Waals surface area contributed by atoms with E-state index < -0.39 is 0 Å². The van der Waals surface area contributed by atoms with Crippen LogP contribution in [0.25, 0.3) is 0 Å². The second kappa shape index (κ2) is 6.02. The fourth-order valence-corrected chi connectivity index (χ4v) is 2.30. The molecule has 0 radical (unpaired) electrons. The van der Waals surface area contributed by atoms with Crippen LogP contribution in [-0.2, 0) is 0 Å². The molecular weight excluding hydrogens is 238 g/mol. The summed E-state index contributed by atoms with van der Waals surface area (Å²) in [4.78, 5) is 8.18. The summed E-state index contributed by atoms with van der Waals surface area (Å²) in [6.07, 6.45) is 9.08. The fraction of sp³-hybridized carbons (Fsp3) is 0.636. The Kier molecular flexibility index (Phi) is 4.39. The molecule has 6 heteroatoms. The number of nitrogen functional groups attached to an aromatic ring is 1. The summed E-state index contributed by atoms with van der Waals surface area (Å²) in [5.41, 5.74) is 2.42. The summed E-state index contributed by atoms with van der Waals surface area (Å²) in [6, 6.07) is 0.454. The van der Waals surface area contributed by atoms with Crippen LogP contribution in [-0.4, -0.2) is 16.0 Å². The third-order valence-electron chi connectivity index (χ3n) is 3.07. The molecule has 4 N–H and O–H groups in total. The van der Waals surface area contributed by atoms with Gasteiger partial charge in [0.05, 0.1) is 6.20 Å². The molecule has 1 aliphatic carbocycles. The monoisotopic (exact) mass is 255 g/mol. The minimum absolute atomic E-state index is 0.380. The van der Waals surface area contributed by atoms with Crippen LogP contribution in [0.3, 0.4) is 0 Å². The van der Waals surface area contributed by atoms with E-state index >= 15 is 0 Å². The van der Waals surface area contributed by atoms with Gasteiger partial charge >= 0.3 is 0 Å². The zero-order valence-corrected chi connectivity index (χ0v) is 10.5. The van der Waals surface area contributed by atoms with Crippen molar-refractivity contribution in [3.63, 3.8) is 0 Å². The second-order valence-corrected chi connectivity index (χ2v) is 4.77. The summed E-state index contributed by atoms with van der Waals surface area (Å²) < 4.78 is 0. The van der Waals surface area contributed by atoms with Gasteiger partial charge < -0.3 is 5.32 Å². The average Bonchev–Trinajstić information content (AvgIpc) is 2.60. The Morgan fingerprint density at radius 1 is 1.24 bits per heavy atom. The number of halogens is 1. The predicted molar refractivity (Wildman–Crippen MR) is 70.0 cm³/mol. The van der Waals surface area contributed by atoms with Crippen LogP contribution >= 0.6 is 11.6 Å². The van der Waals surface area contributed by atoms with E-state index in [0.29, 0.717) is 22.8 Å². The highest BCUT2D eigenvalue weighted by Crippen LogP contribution is 2.24. The van der Waals surface area contributed by atoms with Gasteiger partial charge in [-0.25, -0.2) is 10.8 Å². The number of hydrogen-bond acceptors (Lipinski definition) is 5. The molecule has 1 heterocycles. The Hall–Kier alpha value is -1.07. The topological polar surface area (TPSA) is 75.9 Å². The summed E-state index contributed by atoms with van der Waals surface area (Å²) in [7, 11) is 0. The van der Waals surface area contributed by atoms with E-state index in [-0.39, 0.29) is 0 Å². The lowest BCUT2D eigenvalue weighted by Crippen LogP contribution is -2.20. The molecule has 94 valence electrons. The third kappa shape index (κ3) is 3.44. The molecule has 17 heavy (non-hydrogen) atoms. The molecule has 0 atom stereocenters. The Bertz CT molecular complexity index is 363. The molecule has 0 aromatic carbocycles. The number of rotatable bonds is 3. The summed E-state index contributed by atoms with van der Waals surface area (Å²) in [5, 5.41) is 3.92. The van der Waals surface area contributed by atoms with Gasteiger partial charge in [-0.3, -0.25) is 5.43 Å². The number of aromatic nitrogens is 2. The Morgan fingerprint density at radius 3 is 2.59 bits per heavy atom. The number of anilines is 2. The largest absolute Gasteiger partial charge is 0.366 e. The van der Waals surface area contributed by atoms with Crippen LogP contribution in [0.5, 0.6) is 0 Å². The van der Waals surface area contributed by atoms with E-state index in [1.165, 1.54) is 38.5 Å². The van der Waals surface area contributed by atoms with Crippen molar-refractivity contribution in [1.29, 1.82) is 0 Å². The smallest absolute Gasteiger partial charge is 0.239 e.